The van der Waals surface area contributed by atoms with Gasteiger partial charge in [-0.05, 0) is 26.8 Å². The Balaban J connectivity index is 3.22. The molecule has 1 aromatic rings. The number of rotatable bonds is 5. The molecular formula is C11H15F3N2O2S. The summed E-state index contributed by atoms with van der Waals surface area (Å²) in [6.07, 6.45) is 0.274. The summed E-state index contributed by atoms with van der Waals surface area (Å²) in [5.41, 5.74) is 4.35. The monoisotopic (exact) mass is 296 g/mol. The second-order valence-electron chi connectivity index (χ2n) is 4.73. The van der Waals surface area contributed by atoms with Crippen LogP contribution in [0.4, 0.5) is 13.2 Å². The molecule has 4 nitrogen and oxygen atoms in total. The van der Waals surface area contributed by atoms with E-state index in [-0.39, 0.29) is 13.0 Å². The van der Waals surface area contributed by atoms with Gasteiger partial charge in [0.25, 0.3) is 0 Å². The highest BCUT2D eigenvalue weighted by atomic mass is 32.2. The summed E-state index contributed by atoms with van der Waals surface area (Å²) in [6.45, 7) is 3.25. The van der Waals surface area contributed by atoms with E-state index >= 15 is 0 Å². The van der Waals surface area contributed by atoms with E-state index in [4.69, 9.17) is 5.73 Å². The van der Waals surface area contributed by atoms with Gasteiger partial charge >= 0.3 is 0 Å². The lowest BCUT2D eigenvalue weighted by molar-refractivity contribution is 0.422. The van der Waals surface area contributed by atoms with Crippen LogP contribution in [0.1, 0.15) is 20.3 Å². The van der Waals surface area contributed by atoms with E-state index in [9.17, 15) is 21.6 Å². The summed E-state index contributed by atoms with van der Waals surface area (Å²) in [4.78, 5) is -1.20. The first-order chi connectivity index (χ1) is 8.59. The Labute approximate surface area is 109 Å². The topological polar surface area (TPSA) is 72.2 Å². The Bertz CT molecular complexity index is 550. The molecule has 0 heterocycles. The highest BCUT2D eigenvalue weighted by Crippen LogP contribution is 2.22. The third-order valence-electron chi connectivity index (χ3n) is 2.41. The van der Waals surface area contributed by atoms with Crippen LogP contribution in [0.5, 0.6) is 0 Å². The maximum atomic E-state index is 13.4. The fourth-order valence-electron chi connectivity index (χ4n) is 1.61. The zero-order valence-electron chi connectivity index (χ0n) is 10.5. The first-order valence-electron chi connectivity index (χ1n) is 5.48. The Morgan fingerprint density at radius 2 is 1.68 bits per heavy atom. The molecule has 1 aromatic carbocycles. The summed E-state index contributed by atoms with van der Waals surface area (Å²) in [7, 11) is -4.44. The summed E-state index contributed by atoms with van der Waals surface area (Å²) in [5.74, 6) is -4.14. The van der Waals surface area contributed by atoms with Crippen LogP contribution < -0.4 is 10.5 Å². The van der Waals surface area contributed by atoms with Gasteiger partial charge in [0.15, 0.2) is 4.90 Å². The Hall–Kier alpha value is -1.12. The maximum absolute atomic E-state index is 13.4. The van der Waals surface area contributed by atoms with Gasteiger partial charge in [-0.2, -0.15) is 0 Å². The Morgan fingerprint density at radius 3 is 2.11 bits per heavy atom. The summed E-state index contributed by atoms with van der Waals surface area (Å²) < 4.78 is 65.6. The summed E-state index contributed by atoms with van der Waals surface area (Å²) in [6, 6.07) is 0.626. The van der Waals surface area contributed by atoms with Gasteiger partial charge in [0.2, 0.25) is 10.0 Å². The molecule has 3 N–H and O–H groups in total. The highest BCUT2D eigenvalue weighted by Gasteiger charge is 2.30. The van der Waals surface area contributed by atoms with Crippen molar-refractivity contribution in [3.8, 4) is 0 Å². The molecule has 0 aliphatic rings. The quantitative estimate of drug-likeness (QED) is 0.865. The van der Waals surface area contributed by atoms with E-state index in [1.165, 1.54) is 13.8 Å². The smallest absolute Gasteiger partial charge is 0.246 e. The van der Waals surface area contributed by atoms with Crippen molar-refractivity contribution in [1.29, 1.82) is 0 Å². The lowest BCUT2D eigenvalue weighted by atomic mass is 10.0. The second kappa shape index (κ2) is 5.48. The fraction of sp³-hybridized carbons (Fsp3) is 0.455. The van der Waals surface area contributed by atoms with Crippen LogP contribution in [0.25, 0.3) is 0 Å². The molecule has 0 atom stereocenters. The predicted octanol–water partition coefficient (Wildman–Crippen LogP) is 1.51. The molecule has 19 heavy (non-hydrogen) atoms. The molecule has 0 unspecified atom stereocenters. The second-order valence-corrected chi connectivity index (χ2v) is 6.35. The minimum absolute atomic E-state index is 0.198. The molecule has 0 aliphatic heterocycles. The van der Waals surface area contributed by atoms with Gasteiger partial charge < -0.3 is 5.73 Å². The molecule has 0 bridgehead atoms. The number of halogens is 3. The van der Waals surface area contributed by atoms with Gasteiger partial charge in [-0.15, -0.1) is 0 Å². The van der Waals surface area contributed by atoms with Crippen molar-refractivity contribution in [3.63, 3.8) is 0 Å². The molecule has 108 valence electrons. The van der Waals surface area contributed by atoms with Gasteiger partial charge in [-0.3, -0.25) is 0 Å². The van der Waals surface area contributed by atoms with Crippen LogP contribution in [-0.4, -0.2) is 20.5 Å². The SMILES string of the molecule is CC(C)(CCN)NS(=O)(=O)c1c(F)cc(F)cc1F. The number of sulfonamides is 1. The molecule has 0 aromatic heterocycles. The highest BCUT2D eigenvalue weighted by molar-refractivity contribution is 7.89. The van der Waals surface area contributed by atoms with Crippen molar-refractivity contribution in [2.75, 3.05) is 6.54 Å². The molecule has 8 heteroatoms. The van der Waals surface area contributed by atoms with Crippen molar-refractivity contribution in [2.24, 2.45) is 5.73 Å². The lowest BCUT2D eigenvalue weighted by Crippen LogP contribution is -2.45. The molecule has 1 rings (SSSR count). The first-order valence-corrected chi connectivity index (χ1v) is 6.96. The Morgan fingerprint density at radius 1 is 1.21 bits per heavy atom. The van der Waals surface area contributed by atoms with Crippen LogP contribution in [0, 0.1) is 17.5 Å². The molecule has 0 aliphatic carbocycles. The van der Waals surface area contributed by atoms with Crippen molar-refractivity contribution < 1.29 is 21.6 Å². The van der Waals surface area contributed by atoms with Crippen LogP contribution in [0.2, 0.25) is 0 Å². The third-order valence-corrected chi connectivity index (χ3v) is 4.16. The molecule has 0 saturated carbocycles. The van der Waals surface area contributed by atoms with Crippen LogP contribution in [-0.2, 0) is 10.0 Å². The lowest BCUT2D eigenvalue weighted by Gasteiger charge is -2.25. The summed E-state index contributed by atoms with van der Waals surface area (Å²) >= 11 is 0. The van der Waals surface area contributed by atoms with E-state index in [2.05, 4.69) is 4.72 Å². The van der Waals surface area contributed by atoms with Gasteiger partial charge in [0.1, 0.15) is 17.5 Å². The van der Waals surface area contributed by atoms with Crippen LogP contribution in [0.15, 0.2) is 17.0 Å². The molecule has 0 fully saturated rings. The predicted molar refractivity (Wildman–Crippen MR) is 64.4 cm³/mol. The minimum Gasteiger partial charge on any atom is -0.330 e. The van der Waals surface area contributed by atoms with Crippen molar-refractivity contribution in [1.82, 2.24) is 4.72 Å². The number of nitrogens with one attached hydrogen (secondary N) is 1. The molecule has 0 radical (unpaired) electrons. The fourth-order valence-corrected chi connectivity index (χ4v) is 3.18. The van der Waals surface area contributed by atoms with E-state index in [0.29, 0.717) is 12.1 Å². The molecule has 0 saturated heterocycles. The van der Waals surface area contributed by atoms with Crippen LogP contribution in [0.3, 0.4) is 0 Å². The van der Waals surface area contributed by atoms with E-state index in [0.717, 1.165) is 0 Å². The first kappa shape index (κ1) is 15.9. The van der Waals surface area contributed by atoms with Crippen molar-refractivity contribution in [2.45, 2.75) is 30.7 Å². The number of benzene rings is 1. The average molecular weight is 296 g/mol. The minimum atomic E-state index is -4.44. The van der Waals surface area contributed by atoms with Crippen LogP contribution >= 0.6 is 0 Å². The molecule has 0 amide bonds. The number of nitrogens with two attached hydrogens (primary N) is 1. The van der Waals surface area contributed by atoms with Gasteiger partial charge in [0, 0.05) is 17.7 Å². The zero-order chi connectivity index (χ0) is 14.8. The van der Waals surface area contributed by atoms with Gasteiger partial charge in [0.05, 0.1) is 0 Å². The number of hydrogen-bond acceptors (Lipinski definition) is 3. The largest absolute Gasteiger partial charge is 0.330 e. The maximum Gasteiger partial charge on any atom is 0.246 e. The number of hydrogen-bond donors (Lipinski definition) is 2. The van der Waals surface area contributed by atoms with Gasteiger partial charge in [-0.1, -0.05) is 0 Å². The molecular weight excluding hydrogens is 281 g/mol. The normalized spacial score (nSPS) is 12.7. The van der Waals surface area contributed by atoms with Crippen molar-refractivity contribution in [3.05, 3.63) is 29.6 Å². The van der Waals surface area contributed by atoms with Crippen molar-refractivity contribution >= 4 is 10.0 Å². The van der Waals surface area contributed by atoms with Gasteiger partial charge in [-0.25, -0.2) is 26.3 Å². The Kier molecular flexibility index (Phi) is 4.59. The molecule has 0 spiro atoms. The van der Waals surface area contributed by atoms with E-state index in [1.54, 1.807) is 0 Å². The van der Waals surface area contributed by atoms with E-state index < -0.39 is 37.9 Å². The summed E-state index contributed by atoms with van der Waals surface area (Å²) in [5, 5.41) is 0. The van der Waals surface area contributed by atoms with E-state index in [1.807, 2.05) is 0 Å². The standard InChI is InChI=1S/C11H15F3N2O2S/c1-11(2,3-4-15)16-19(17,18)10-8(13)5-7(12)6-9(10)14/h5-6,16H,3-4,15H2,1-2H3. The zero-order valence-corrected chi connectivity index (χ0v) is 11.3. The third kappa shape index (κ3) is 3.92. The average Bonchev–Trinajstić information content (AvgIpc) is 2.11.